The Morgan fingerprint density at radius 3 is 1.42 bits per heavy atom. The second kappa shape index (κ2) is 30.9. The summed E-state index contributed by atoms with van der Waals surface area (Å²) in [6.45, 7) is 5.02. The monoisotopic (exact) mass is 760 g/mol. The summed E-state index contributed by atoms with van der Waals surface area (Å²) in [4.78, 5) is 50.6. The minimum Gasteiger partial charge on any atom is -0.463 e. The lowest BCUT2D eigenvalue weighted by Gasteiger charge is -2.44. The van der Waals surface area contributed by atoms with Crippen molar-refractivity contribution in [1.29, 1.82) is 0 Å². The van der Waals surface area contributed by atoms with Gasteiger partial charge in [0.05, 0.1) is 13.2 Å². The summed E-state index contributed by atoms with van der Waals surface area (Å²) in [5, 5.41) is 29.5. The van der Waals surface area contributed by atoms with Crippen molar-refractivity contribution in [2.24, 2.45) is 0 Å². The number of aliphatic hydroxyl groups excluding tert-OH is 3. The van der Waals surface area contributed by atoms with Crippen molar-refractivity contribution in [3.8, 4) is 0 Å². The molecule has 1 aliphatic heterocycles. The van der Waals surface area contributed by atoms with Crippen molar-refractivity contribution in [2.75, 3.05) is 19.8 Å². The first-order valence-electron chi connectivity index (χ1n) is 20.5. The Labute approximate surface area is 318 Å². The zero-order chi connectivity index (χ0) is 39.3. The molecule has 1 saturated heterocycles. The molecule has 1 fully saturated rings. The molecule has 3 N–H and O–H groups in total. The van der Waals surface area contributed by atoms with E-state index < -0.39 is 86.6 Å². The third-order valence-corrected chi connectivity index (χ3v) is 9.41. The summed E-state index contributed by atoms with van der Waals surface area (Å²) < 4.78 is 34.3. The molecule has 0 saturated carbocycles. The third kappa shape index (κ3) is 23.3. The number of hydrogen-bond donors (Lipinski definition) is 3. The van der Waals surface area contributed by atoms with Crippen molar-refractivity contribution in [1.82, 2.24) is 0 Å². The smallest absolute Gasteiger partial charge is 0.306 e. The van der Waals surface area contributed by atoms with Crippen LogP contribution >= 0.6 is 0 Å². The molecule has 0 radical (unpaired) electrons. The van der Waals surface area contributed by atoms with E-state index in [2.05, 4.69) is 13.8 Å². The van der Waals surface area contributed by atoms with Gasteiger partial charge in [-0.05, 0) is 12.8 Å². The molecule has 0 spiro atoms. The van der Waals surface area contributed by atoms with E-state index in [1.54, 1.807) is 0 Å². The second-order valence-electron chi connectivity index (χ2n) is 14.3. The molecule has 7 atom stereocenters. The number of hydrogen-bond acceptors (Lipinski definition) is 13. The standard InChI is InChI=1S/C40H72O13/c1-5-7-9-11-13-15-17-19-21-23-25-35(46)52-38-37(50-31(4)43)34(29-48-30(3)42)51-40(49-28-33(45)32(44)27-41)39(38)53-36(47)26-24-22-20-18-16-14-12-10-8-6-2/h32-34,37-41,44-45H,5-29H2,1-4H3/t32?,33?,34-,37-,38+,39+,40?/m1/s1. The molecular formula is C40H72O13. The van der Waals surface area contributed by atoms with Gasteiger partial charge in [0.2, 0.25) is 0 Å². The average Bonchev–Trinajstić information content (AvgIpc) is 3.12. The quantitative estimate of drug-likeness (QED) is 0.0390. The molecular weight excluding hydrogens is 688 g/mol. The largest absolute Gasteiger partial charge is 0.463 e. The van der Waals surface area contributed by atoms with Crippen LogP contribution in [0.1, 0.15) is 169 Å². The Hall–Kier alpha value is -2.32. The number of aliphatic hydroxyl groups is 3. The van der Waals surface area contributed by atoms with Crippen LogP contribution < -0.4 is 0 Å². The van der Waals surface area contributed by atoms with Gasteiger partial charge >= 0.3 is 23.9 Å². The molecule has 310 valence electrons. The first-order valence-corrected chi connectivity index (χ1v) is 20.5. The van der Waals surface area contributed by atoms with E-state index in [-0.39, 0.29) is 12.8 Å². The van der Waals surface area contributed by atoms with Gasteiger partial charge in [0.1, 0.15) is 24.9 Å². The van der Waals surface area contributed by atoms with Crippen molar-refractivity contribution in [3.63, 3.8) is 0 Å². The first-order chi connectivity index (χ1) is 25.5. The summed E-state index contributed by atoms with van der Waals surface area (Å²) >= 11 is 0. The molecule has 1 aliphatic rings. The summed E-state index contributed by atoms with van der Waals surface area (Å²) in [5.74, 6) is -2.60. The summed E-state index contributed by atoms with van der Waals surface area (Å²) in [5.41, 5.74) is 0. The Morgan fingerprint density at radius 2 is 1.00 bits per heavy atom. The lowest BCUT2D eigenvalue weighted by atomic mass is 9.97. The molecule has 13 heteroatoms. The van der Waals surface area contributed by atoms with Crippen LogP contribution in [0.5, 0.6) is 0 Å². The van der Waals surface area contributed by atoms with Gasteiger partial charge in [-0.2, -0.15) is 0 Å². The van der Waals surface area contributed by atoms with Crippen molar-refractivity contribution in [3.05, 3.63) is 0 Å². The summed E-state index contributed by atoms with van der Waals surface area (Å²) in [6, 6.07) is 0. The van der Waals surface area contributed by atoms with Crippen LogP contribution in [0.2, 0.25) is 0 Å². The van der Waals surface area contributed by atoms with Gasteiger partial charge in [0.25, 0.3) is 0 Å². The van der Waals surface area contributed by atoms with Gasteiger partial charge in [0.15, 0.2) is 24.6 Å². The number of unbranched alkanes of at least 4 members (excludes halogenated alkanes) is 18. The number of rotatable bonds is 32. The van der Waals surface area contributed by atoms with Crippen molar-refractivity contribution >= 4 is 23.9 Å². The predicted octanol–water partition coefficient (Wildman–Crippen LogP) is 6.38. The molecule has 0 aromatic rings. The van der Waals surface area contributed by atoms with E-state index in [1.165, 1.54) is 71.1 Å². The number of esters is 4. The fraction of sp³-hybridized carbons (Fsp3) is 0.900. The molecule has 3 unspecified atom stereocenters. The van der Waals surface area contributed by atoms with E-state index in [9.17, 15) is 34.5 Å². The van der Waals surface area contributed by atoms with E-state index in [1.807, 2.05) is 0 Å². The minimum atomic E-state index is -1.54. The predicted molar refractivity (Wildman–Crippen MR) is 199 cm³/mol. The topological polar surface area (TPSA) is 184 Å². The number of carbonyl (C=O) groups is 4. The number of ether oxygens (including phenoxy) is 6. The number of carbonyl (C=O) groups excluding carboxylic acids is 4. The maximum atomic E-state index is 13.3. The first kappa shape index (κ1) is 48.7. The zero-order valence-electron chi connectivity index (χ0n) is 33.1. The molecule has 0 bridgehead atoms. The maximum absolute atomic E-state index is 13.3. The fourth-order valence-electron chi connectivity index (χ4n) is 6.30. The molecule has 0 aromatic heterocycles. The zero-order valence-corrected chi connectivity index (χ0v) is 33.1. The highest BCUT2D eigenvalue weighted by atomic mass is 16.7. The Balaban J connectivity index is 3.05. The molecule has 0 aromatic carbocycles. The fourth-order valence-corrected chi connectivity index (χ4v) is 6.30. The Morgan fingerprint density at radius 1 is 0.566 bits per heavy atom. The minimum absolute atomic E-state index is 0.0694. The maximum Gasteiger partial charge on any atom is 0.306 e. The lowest BCUT2D eigenvalue weighted by molar-refractivity contribution is -0.312. The van der Waals surface area contributed by atoms with E-state index in [4.69, 9.17) is 28.4 Å². The van der Waals surface area contributed by atoms with Crippen LogP contribution in [0.25, 0.3) is 0 Å². The Bertz CT molecular complexity index is 976. The van der Waals surface area contributed by atoms with Crippen LogP contribution in [0.15, 0.2) is 0 Å². The summed E-state index contributed by atoms with van der Waals surface area (Å²) in [6.07, 6.45) is 11.8. The van der Waals surface area contributed by atoms with Crippen LogP contribution in [0.4, 0.5) is 0 Å². The molecule has 13 nitrogen and oxygen atoms in total. The van der Waals surface area contributed by atoms with Crippen LogP contribution in [0, 0.1) is 0 Å². The average molecular weight is 761 g/mol. The molecule has 0 amide bonds. The van der Waals surface area contributed by atoms with Gasteiger partial charge in [-0.3, -0.25) is 19.2 Å². The van der Waals surface area contributed by atoms with Crippen LogP contribution in [0.3, 0.4) is 0 Å². The van der Waals surface area contributed by atoms with Gasteiger partial charge in [-0.1, -0.05) is 129 Å². The molecule has 53 heavy (non-hydrogen) atoms. The third-order valence-electron chi connectivity index (χ3n) is 9.41. The molecule has 0 aliphatic carbocycles. The van der Waals surface area contributed by atoms with Gasteiger partial charge in [0, 0.05) is 26.7 Å². The SMILES string of the molecule is CCCCCCCCCCCCC(=O)O[C@H]1[C@H](OC(C)=O)[C@@H](COC(C)=O)OC(OCC(O)C(O)CO)[C@H]1OC(=O)CCCCCCCCCCCC. The van der Waals surface area contributed by atoms with Crippen LogP contribution in [-0.4, -0.2) is 102 Å². The van der Waals surface area contributed by atoms with Crippen molar-refractivity contribution < 1.29 is 62.9 Å². The van der Waals surface area contributed by atoms with Crippen molar-refractivity contribution in [2.45, 2.75) is 212 Å². The summed E-state index contributed by atoms with van der Waals surface area (Å²) in [7, 11) is 0. The van der Waals surface area contributed by atoms with E-state index in [0.29, 0.717) is 12.8 Å². The highest BCUT2D eigenvalue weighted by Crippen LogP contribution is 2.31. The highest BCUT2D eigenvalue weighted by Gasteiger charge is 2.53. The van der Waals surface area contributed by atoms with E-state index >= 15 is 0 Å². The Kier molecular flexibility index (Phi) is 28.4. The molecule has 1 rings (SSSR count). The van der Waals surface area contributed by atoms with Crippen LogP contribution in [-0.2, 0) is 47.6 Å². The highest BCUT2D eigenvalue weighted by molar-refractivity contribution is 5.71. The van der Waals surface area contributed by atoms with Gasteiger partial charge < -0.3 is 43.7 Å². The molecule has 1 heterocycles. The normalized spacial score (nSPS) is 21.1. The van der Waals surface area contributed by atoms with Gasteiger partial charge in [-0.15, -0.1) is 0 Å². The van der Waals surface area contributed by atoms with Gasteiger partial charge in [-0.25, -0.2) is 0 Å². The second-order valence-corrected chi connectivity index (χ2v) is 14.3. The lowest BCUT2D eigenvalue weighted by Crippen LogP contribution is -2.63. The van der Waals surface area contributed by atoms with E-state index in [0.717, 1.165) is 58.3 Å².